The third-order valence-corrected chi connectivity index (χ3v) is 3.06. The lowest BCUT2D eigenvalue weighted by atomic mass is 10.4. The normalized spacial score (nSPS) is 14.7. The van der Waals surface area contributed by atoms with Crippen LogP contribution in [0.25, 0.3) is 0 Å². The van der Waals surface area contributed by atoms with Crippen molar-refractivity contribution in [1.82, 2.24) is 0 Å². The second kappa shape index (κ2) is 5.72. The summed E-state index contributed by atoms with van der Waals surface area (Å²) in [5.41, 5.74) is 0. The average Bonchev–Trinajstić information content (AvgIpc) is 2.03. The Kier molecular flexibility index (Phi) is 5.30. The molecular weight excluding hydrogens is 178 g/mol. The maximum absolute atomic E-state index is 11.1. The highest BCUT2D eigenvalue weighted by atomic mass is 32.2. The van der Waals surface area contributed by atoms with Crippen LogP contribution in [0, 0.1) is 11.3 Å². The van der Waals surface area contributed by atoms with E-state index in [1.807, 2.05) is 6.07 Å². The monoisotopic (exact) mass is 189 g/mol. The number of carbonyl (C=O) groups is 1. The van der Waals surface area contributed by atoms with Crippen LogP contribution in [0.3, 0.4) is 0 Å². The van der Waals surface area contributed by atoms with E-state index in [0.717, 1.165) is 0 Å². The van der Waals surface area contributed by atoms with Crippen LogP contribution in [0.5, 0.6) is 0 Å². The maximum atomic E-state index is 11.1. The molecule has 0 aliphatic heterocycles. The first-order chi connectivity index (χ1) is 5.59. The van der Waals surface area contributed by atoms with Crippen molar-refractivity contribution >= 4 is 16.8 Å². The Bertz CT molecular complexity index is 221. The summed E-state index contributed by atoms with van der Waals surface area (Å²) in [6.07, 6.45) is 0.832. The van der Waals surface area contributed by atoms with Crippen LogP contribution in [0.2, 0.25) is 0 Å². The number of unbranched alkanes of at least 4 members (excludes halogenated alkanes) is 1. The van der Waals surface area contributed by atoms with Crippen LogP contribution in [0.15, 0.2) is 0 Å². The number of hydrogen-bond acceptors (Lipinski definition) is 3. The van der Waals surface area contributed by atoms with Gasteiger partial charge in [-0.1, -0.05) is 0 Å². The van der Waals surface area contributed by atoms with Crippen molar-refractivity contribution < 1.29 is 14.1 Å². The van der Waals surface area contributed by atoms with E-state index >= 15 is 0 Å². The average molecular weight is 189 g/mol. The SMILES string of the molecule is CC(C(=O)O)S(=O)CCCC#N. The van der Waals surface area contributed by atoms with Crippen molar-refractivity contribution in [2.24, 2.45) is 0 Å². The molecule has 0 bridgehead atoms. The van der Waals surface area contributed by atoms with Crippen molar-refractivity contribution in [3.05, 3.63) is 0 Å². The fourth-order valence-corrected chi connectivity index (χ4v) is 1.59. The Morgan fingerprint density at radius 2 is 2.33 bits per heavy atom. The molecule has 5 heteroatoms. The van der Waals surface area contributed by atoms with Gasteiger partial charge in [-0.25, -0.2) is 0 Å². The lowest BCUT2D eigenvalue weighted by Crippen LogP contribution is -2.23. The van der Waals surface area contributed by atoms with Crippen molar-refractivity contribution in [3.8, 4) is 6.07 Å². The zero-order chi connectivity index (χ0) is 9.56. The summed E-state index contributed by atoms with van der Waals surface area (Å²) >= 11 is 0. The highest BCUT2D eigenvalue weighted by molar-refractivity contribution is 7.86. The van der Waals surface area contributed by atoms with Gasteiger partial charge in [-0.15, -0.1) is 0 Å². The Hall–Kier alpha value is -0.890. The quantitative estimate of drug-likeness (QED) is 0.639. The molecule has 2 unspecified atom stereocenters. The lowest BCUT2D eigenvalue weighted by molar-refractivity contribution is -0.136. The van der Waals surface area contributed by atoms with Gasteiger partial charge in [-0.05, 0) is 13.3 Å². The number of aliphatic carboxylic acids is 1. The number of nitriles is 1. The molecule has 0 heterocycles. The molecule has 0 saturated heterocycles. The van der Waals surface area contributed by atoms with Gasteiger partial charge in [0.1, 0.15) is 5.25 Å². The number of hydrogen-bond donors (Lipinski definition) is 1. The van der Waals surface area contributed by atoms with Crippen molar-refractivity contribution in [2.45, 2.75) is 25.0 Å². The van der Waals surface area contributed by atoms with Crippen LogP contribution in [0.1, 0.15) is 19.8 Å². The fraction of sp³-hybridized carbons (Fsp3) is 0.714. The Morgan fingerprint density at radius 1 is 1.75 bits per heavy atom. The van der Waals surface area contributed by atoms with Gasteiger partial charge in [0, 0.05) is 23.0 Å². The van der Waals surface area contributed by atoms with Gasteiger partial charge >= 0.3 is 5.97 Å². The second-order valence-corrected chi connectivity index (χ2v) is 4.20. The van der Waals surface area contributed by atoms with Crippen LogP contribution in [-0.2, 0) is 15.6 Å². The van der Waals surface area contributed by atoms with Crippen molar-refractivity contribution in [3.63, 3.8) is 0 Å². The van der Waals surface area contributed by atoms with Gasteiger partial charge in [0.05, 0.1) is 6.07 Å². The van der Waals surface area contributed by atoms with Crippen LogP contribution in [0.4, 0.5) is 0 Å². The summed E-state index contributed by atoms with van der Waals surface area (Å²) in [6.45, 7) is 1.41. The van der Waals surface area contributed by atoms with Crippen LogP contribution in [-0.4, -0.2) is 26.3 Å². The minimum absolute atomic E-state index is 0.293. The van der Waals surface area contributed by atoms with E-state index in [0.29, 0.717) is 18.6 Å². The van der Waals surface area contributed by atoms with E-state index < -0.39 is 22.0 Å². The molecule has 0 spiro atoms. The van der Waals surface area contributed by atoms with Crippen LogP contribution >= 0.6 is 0 Å². The van der Waals surface area contributed by atoms with Crippen molar-refractivity contribution in [1.29, 1.82) is 5.26 Å². The fourth-order valence-electron chi connectivity index (χ4n) is 0.583. The molecule has 0 fully saturated rings. The second-order valence-electron chi connectivity index (χ2n) is 2.33. The molecule has 2 atom stereocenters. The van der Waals surface area contributed by atoms with Gasteiger partial charge in [0.2, 0.25) is 0 Å². The lowest BCUT2D eigenvalue weighted by Gasteiger charge is -2.03. The van der Waals surface area contributed by atoms with E-state index in [9.17, 15) is 9.00 Å². The predicted octanol–water partition coefficient (Wildman–Crippen LogP) is 0.512. The molecule has 0 radical (unpaired) electrons. The largest absolute Gasteiger partial charge is 0.480 e. The number of rotatable bonds is 5. The van der Waals surface area contributed by atoms with E-state index in [2.05, 4.69) is 0 Å². The molecule has 0 rings (SSSR count). The molecule has 12 heavy (non-hydrogen) atoms. The van der Waals surface area contributed by atoms with E-state index in [-0.39, 0.29) is 0 Å². The highest BCUT2D eigenvalue weighted by Gasteiger charge is 2.17. The first kappa shape index (κ1) is 11.1. The Morgan fingerprint density at radius 3 is 2.75 bits per heavy atom. The van der Waals surface area contributed by atoms with Crippen molar-refractivity contribution in [2.75, 3.05) is 5.75 Å². The summed E-state index contributed by atoms with van der Waals surface area (Å²) in [5, 5.41) is 15.8. The molecule has 0 aromatic carbocycles. The Balaban J connectivity index is 3.74. The molecule has 4 nitrogen and oxygen atoms in total. The minimum atomic E-state index is -1.35. The smallest absolute Gasteiger partial charge is 0.318 e. The molecule has 0 aromatic rings. The molecule has 1 N–H and O–H groups in total. The number of carboxylic acids is 1. The molecule has 0 amide bonds. The molecule has 0 aliphatic rings. The molecule has 68 valence electrons. The van der Waals surface area contributed by atoms with E-state index in [1.54, 1.807) is 0 Å². The summed E-state index contributed by atoms with van der Waals surface area (Å²) in [7, 11) is -1.35. The molecule has 0 aromatic heterocycles. The molecule has 0 saturated carbocycles. The summed E-state index contributed by atoms with van der Waals surface area (Å²) < 4.78 is 11.1. The standard InChI is InChI=1S/C7H11NO3S/c1-6(7(9)10)12(11)5-3-2-4-8/h6H,2-3,5H2,1H3,(H,9,10). The zero-order valence-corrected chi connectivity index (χ0v) is 7.63. The Labute approximate surface area is 73.7 Å². The van der Waals surface area contributed by atoms with Gasteiger partial charge in [-0.2, -0.15) is 5.26 Å². The zero-order valence-electron chi connectivity index (χ0n) is 6.82. The van der Waals surface area contributed by atoms with E-state index in [1.165, 1.54) is 6.92 Å². The molecular formula is C7H11NO3S. The predicted molar refractivity (Wildman–Crippen MR) is 45.0 cm³/mol. The third kappa shape index (κ3) is 4.09. The summed E-state index contributed by atoms with van der Waals surface area (Å²) in [6, 6.07) is 1.91. The van der Waals surface area contributed by atoms with Gasteiger partial charge < -0.3 is 5.11 Å². The minimum Gasteiger partial charge on any atom is -0.480 e. The maximum Gasteiger partial charge on any atom is 0.318 e. The number of carboxylic acid groups (broad SMARTS) is 1. The van der Waals surface area contributed by atoms with Gasteiger partial charge in [0.15, 0.2) is 0 Å². The summed E-state index contributed by atoms with van der Waals surface area (Å²) in [4.78, 5) is 10.3. The summed E-state index contributed by atoms with van der Waals surface area (Å²) in [5.74, 6) is -0.758. The first-order valence-electron chi connectivity index (χ1n) is 3.56. The number of nitrogens with zero attached hydrogens (tertiary/aromatic N) is 1. The van der Waals surface area contributed by atoms with Gasteiger partial charge in [-0.3, -0.25) is 9.00 Å². The van der Waals surface area contributed by atoms with E-state index in [4.69, 9.17) is 10.4 Å². The first-order valence-corrected chi connectivity index (χ1v) is 4.94. The van der Waals surface area contributed by atoms with Gasteiger partial charge in [0.25, 0.3) is 0 Å². The third-order valence-electron chi connectivity index (χ3n) is 1.38. The van der Waals surface area contributed by atoms with Crippen LogP contribution < -0.4 is 0 Å². The molecule has 0 aliphatic carbocycles. The topological polar surface area (TPSA) is 78.2 Å². The highest BCUT2D eigenvalue weighted by Crippen LogP contribution is 1.99.